The van der Waals surface area contributed by atoms with Crippen LogP contribution in [0.15, 0.2) is 30.6 Å². The Morgan fingerprint density at radius 1 is 1.27 bits per heavy atom. The summed E-state index contributed by atoms with van der Waals surface area (Å²) in [5.41, 5.74) is 9.03. The Balaban J connectivity index is 1.73. The van der Waals surface area contributed by atoms with Crippen LogP contribution in [0, 0.1) is 0 Å². The molecule has 3 aromatic heterocycles. The fourth-order valence-electron chi connectivity index (χ4n) is 4.51. The lowest BCUT2D eigenvalue weighted by Crippen LogP contribution is -2.44. The quantitative estimate of drug-likeness (QED) is 0.677. The molecule has 0 radical (unpaired) electrons. The number of aromatic nitrogens is 4. The Labute approximate surface area is 174 Å². The number of aromatic amines is 1. The molecule has 5 rings (SSSR count). The summed E-state index contributed by atoms with van der Waals surface area (Å²) in [7, 11) is 0. The monoisotopic (exact) mass is 407 g/mol. The zero-order valence-corrected chi connectivity index (χ0v) is 16.9. The summed E-state index contributed by atoms with van der Waals surface area (Å²) in [5, 5.41) is 8.02. The van der Waals surface area contributed by atoms with Gasteiger partial charge >= 0.3 is 0 Å². The number of hydrogen-bond donors (Lipinski definition) is 2. The van der Waals surface area contributed by atoms with Crippen molar-refractivity contribution < 1.29 is 9.53 Å². The highest BCUT2D eigenvalue weighted by atomic mass is 16.5. The van der Waals surface area contributed by atoms with Crippen LogP contribution in [-0.4, -0.2) is 64.5 Å². The zero-order valence-electron chi connectivity index (χ0n) is 16.9. The minimum absolute atomic E-state index is 0.203. The minimum Gasteiger partial charge on any atom is -0.377 e. The second kappa shape index (κ2) is 7.56. The SMILES string of the molecule is C[C@@H]1COCCN1c1cc(N2CCC[C@H]2C(N)=O)c2ccnc(-c3ccn[nH]3)c2n1. The molecule has 0 bridgehead atoms. The average molecular weight is 407 g/mol. The molecule has 156 valence electrons. The number of H-pyrrole nitrogens is 1. The maximum Gasteiger partial charge on any atom is 0.240 e. The first-order valence-corrected chi connectivity index (χ1v) is 10.3. The van der Waals surface area contributed by atoms with Gasteiger partial charge in [0.15, 0.2) is 0 Å². The summed E-state index contributed by atoms with van der Waals surface area (Å²) in [4.78, 5) is 26.1. The molecule has 3 N–H and O–H groups in total. The molecular weight excluding hydrogens is 382 g/mol. The largest absolute Gasteiger partial charge is 0.377 e. The number of pyridine rings is 2. The van der Waals surface area contributed by atoms with Gasteiger partial charge in [0.05, 0.1) is 30.6 Å². The number of nitrogens with one attached hydrogen (secondary N) is 1. The van der Waals surface area contributed by atoms with Gasteiger partial charge in [0.2, 0.25) is 5.91 Å². The highest BCUT2D eigenvalue weighted by molar-refractivity contribution is 6.01. The normalized spacial score (nSPS) is 22.0. The van der Waals surface area contributed by atoms with Crippen LogP contribution in [0.5, 0.6) is 0 Å². The molecule has 5 heterocycles. The number of hydrogen-bond acceptors (Lipinski definition) is 7. The summed E-state index contributed by atoms with van der Waals surface area (Å²) in [6.45, 7) is 4.99. The third-order valence-corrected chi connectivity index (χ3v) is 6.00. The Kier molecular flexibility index (Phi) is 4.74. The lowest BCUT2D eigenvalue weighted by Gasteiger charge is -2.35. The molecule has 2 fully saturated rings. The zero-order chi connectivity index (χ0) is 20.7. The van der Waals surface area contributed by atoms with Gasteiger partial charge < -0.3 is 20.3 Å². The van der Waals surface area contributed by atoms with Crippen molar-refractivity contribution in [3.63, 3.8) is 0 Å². The molecule has 0 unspecified atom stereocenters. The van der Waals surface area contributed by atoms with Crippen LogP contribution in [0.25, 0.3) is 22.3 Å². The summed E-state index contributed by atoms with van der Waals surface area (Å²) in [6, 6.07) is 5.82. The lowest BCUT2D eigenvalue weighted by molar-refractivity contribution is -0.119. The first-order valence-electron chi connectivity index (χ1n) is 10.3. The molecule has 0 saturated carbocycles. The van der Waals surface area contributed by atoms with Crippen molar-refractivity contribution in [1.29, 1.82) is 0 Å². The van der Waals surface area contributed by atoms with Crippen LogP contribution in [0.3, 0.4) is 0 Å². The van der Waals surface area contributed by atoms with Crippen LogP contribution in [-0.2, 0) is 9.53 Å². The van der Waals surface area contributed by atoms with Crippen LogP contribution < -0.4 is 15.5 Å². The van der Waals surface area contributed by atoms with E-state index in [1.165, 1.54) is 0 Å². The maximum atomic E-state index is 12.1. The van der Waals surface area contributed by atoms with Gasteiger partial charge in [-0.05, 0) is 31.9 Å². The number of rotatable bonds is 4. The number of nitrogens with zero attached hydrogens (tertiary/aromatic N) is 5. The number of carbonyl (C=O) groups is 1. The number of amides is 1. The van der Waals surface area contributed by atoms with E-state index in [2.05, 4.69) is 38.0 Å². The summed E-state index contributed by atoms with van der Waals surface area (Å²) in [5.74, 6) is 0.568. The third-order valence-electron chi connectivity index (χ3n) is 6.00. The van der Waals surface area contributed by atoms with Gasteiger partial charge in [0.1, 0.15) is 23.1 Å². The number of anilines is 2. The Hall–Kier alpha value is -3.20. The number of nitrogens with two attached hydrogens (primary N) is 1. The van der Waals surface area contributed by atoms with Crippen molar-refractivity contribution in [3.05, 3.63) is 30.6 Å². The molecule has 0 spiro atoms. The van der Waals surface area contributed by atoms with E-state index >= 15 is 0 Å². The summed E-state index contributed by atoms with van der Waals surface area (Å²) < 4.78 is 5.62. The van der Waals surface area contributed by atoms with Gasteiger partial charge in [-0.2, -0.15) is 5.10 Å². The van der Waals surface area contributed by atoms with Crippen LogP contribution in [0.1, 0.15) is 19.8 Å². The highest BCUT2D eigenvalue weighted by Gasteiger charge is 2.32. The molecule has 1 amide bonds. The van der Waals surface area contributed by atoms with E-state index in [-0.39, 0.29) is 18.0 Å². The summed E-state index contributed by atoms with van der Waals surface area (Å²) >= 11 is 0. The molecule has 0 aromatic carbocycles. The van der Waals surface area contributed by atoms with E-state index in [9.17, 15) is 4.79 Å². The molecule has 2 aliphatic rings. The first kappa shape index (κ1) is 18.8. The standard InChI is InChI=1S/C21H25N7O2/c1-13-12-30-10-9-27(13)18-11-17(28-8-2-3-16(28)21(22)29)14-4-6-23-20(19(14)25-18)15-5-7-24-26-15/h4-7,11,13,16H,2-3,8-10,12H2,1H3,(H2,22,29)(H,24,26)/t13-,16+/m1/s1. The van der Waals surface area contributed by atoms with Gasteiger partial charge in [-0.25, -0.2) is 4.98 Å². The molecule has 2 atom stereocenters. The Morgan fingerprint density at radius 3 is 2.93 bits per heavy atom. The average Bonchev–Trinajstić information content (AvgIpc) is 3.45. The van der Waals surface area contributed by atoms with Crippen molar-refractivity contribution in [3.8, 4) is 11.4 Å². The lowest BCUT2D eigenvalue weighted by atomic mass is 10.1. The van der Waals surface area contributed by atoms with Crippen molar-refractivity contribution >= 4 is 28.3 Å². The molecule has 2 aliphatic heterocycles. The second-order valence-electron chi connectivity index (χ2n) is 7.90. The van der Waals surface area contributed by atoms with E-state index in [4.69, 9.17) is 15.5 Å². The summed E-state index contributed by atoms with van der Waals surface area (Å²) in [6.07, 6.45) is 5.17. The number of fused-ring (bicyclic) bond motifs is 1. The molecule has 9 heteroatoms. The predicted octanol–water partition coefficient (Wildman–Crippen LogP) is 1.70. The van der Waals surface area contributed by atoms with Crippen LogP contribution >= 0.6 is 0 Å². The molecule has 9 nitrogen and oxygen atoms in total. The van der Waals surface area contributed by atoms with Crippen molar-refractivity contribution in [2.45, 2.75) is 31.8 Å². The van der Waals surface area contributed by atoms with E-state index < -0.39 is 0 Å². The van der Waals surface area contributed by atoms with E-state index in [1.807, 2.05) is 12.1 Å². The van der Waals surface area contributed by atoms with E-state index in [0.29, 0.717) is 13.2 Å². The van der Waals surface area contributed by atoms with Gasteiger partial charge in [0, 0.05) is 36.9 Å². The fourth-order valence-corrected chi connectivity index (χ4v) is 4.51. The molecule has 0 aliphatic carbocycles. The molecule has 3 aromatic rings. The molecule has 30 heavy (non-hydrogen) atoms. The number of primary amides is 1. The first-order chi connectivity index (χ1) is 14.6. The van der Waals surface area contributed by atoms with Crippen molar-refractivity contribution in [2.75, 3.05) is 36.1 Å². The minimum atomic E-state index is -0.311. The number of carbonyl (C=O) groups excluding carboxylic acids is 1. The van der Waals surface area contributed by atoms with Crippen LogP contribution in [0.4, 0.5) is 11.5 Å². The Bertz CT molecular complexity index is 1070. The predicted molar refractivity (Wildman–Crippen MR) is 114 cm³/mol. The number of morpholine rings is 1. The molecular formula is C21H25N7O2. The van der Waals surface area contributed by atoms with Gasteiger partial charge in [0.25, 0.3) is 0 Å². The van der Waals surface area contributed by atoms with Crippen molar-refractivity contribution in [2.24, 2.45) is 5.73 Å². The van der Waals surface area contributed by atoms with Gasteiger partial charge in [-0.3, -0.25) is 14.9 Å². The van der Waals surface area contributed by atoms with Crippen LogP contribution in [0.2, 0.25) is 0 Å². The Morgan fingerprint density at radius 2 is 2.17 bits per heavy atom. The number of ether oxygens (including phenoxy) is 1. The van der Waals surface area contributed by atoms with Gasteiger partial charge in [-0.1, -0.05) is 0 Å². The highest BCUT2D eigenvalue weighted by Crippen LogP contribution is 2.37. The fraction of sp³-hybridized carbons (Fsp3) is 0.429. The third kappa shape index (κ3) is 3.15. The maximum absolute atomic E-state index is 12.1. The van der Waals surface area contributed by atoms with Crippen molar-refractivity contribution in [1.82, 2.24) is 20.2 Å². The van der Waals surface area contributed by atoms with E-state index in [0.717, 1.165) is 59.7 Å². The smallest absolute Gasteiger partial charge is 0.240 e. The van der Waals surface area contributed by atoms with Gasteiger partial charge in [-0.15, -0.1) is 0 Å². The molecule has 2 saturated heterocycles. The van der Waals surface area contributed by atoms with E-state index in [1.54, 1.807) is 12.4 Å². The second-order valence-corrected chi connectivity index (χ2v) is 7.90. The topological polar surface area (TPSA) is 113 Å².